The molecule has 3 N–H and O–H groups in total. The van der Waals surface area contributed by atoms with Gasteiger partial charge in [-0.3, -0.25) is 4.79 Å². The van der Waals surface area contributed by atoms with Crippen LogP contribution in [0, 0.1) is 34.5 Å². The number of carbonyl (C=O) groups excluding carboxylic acids is 2. The van der Waals surface area contributed by atoms with Crippen molar-refractivity contribution in [1.29, 1.82) is 0 Å². The van der Waals surface area contributed by atoms with E-state index in [9.17, 15) is 24.9 Å². The summed E-state index contributed by atoms with van der Waals surface area (Å²) in [6.07, 6.45) is 16.4. The van der Waals surface area contributed by atoms with E-state index >= 15 is 0 Å². The first-order valence-corrected chi connectivity index (χ1v) is 14.1. The molecule has 4 aliphatic carbocycles. The zero-order valence-corrected chi connectivity index (χ0v) is 23.4. The van der Waals surface area contributed by atoms with Gasteiger partial charge < -0.3 is 20.1 Å². The molecule has 1 spiro atoms. The Morgan fingerprint density at radius 1 is 1.18 bits per heavy atom. The van der Waals surface area contributed by atoms with Crippen molar-refractivity contribution in [2.45, 2.75) is 84.5 Å². The van der Waals surface area contributed by atoms with Crippen LogP contribution >= 0.6 is 0 Å². The lowest BCUT2D eigenvalue weighted by Crippen LogP contribution is -2.65. The standard InChI is InChI=1S/C32H44O6/c1-6-7-8-9-10-11-12-13-14-15-25(34)38-29-20(2)18-31-21(3)16-24-26(30(24,4)5)23(28(31)36)17-22(19-33)27(35)32(29,31)37/h10-15,17-18,21,23-24,26-27,29,33,35,37H,6-9,16,19H2,1-5H3/t21-,23+,24-,26+,27-,29+,31+,32+/m1/s1. The van der Waals surface area contributed by atoms with Crippen molar-refractivity contribution >= 4 is 11.8 Å². The van der Waals surface area contributed by atoms with Crippen LogP contribution in [0.5, 0.6) is 0 Å². The molecule has 38 heavy (non-hydrogen) atoms. The number of aliphatic hydroxyl groups is 3. The second kappa shape index (κ2) is 10.7. The first kappa shape index (κ1) is 28.7. The zero-order valence-electron chi connectivity index (χ0n) is 23.4. The highest BCUT2D eigenvalue weighted by atomic mass is 16.6. The molecule has 0 saturated heterocycles. The monoisotopic (exact) mass is 524 g/mol. The summed E-state index contributed by atoms with van der Waals surface area (Å²) in [4.78, 5) is 27.1. The maximum atomic E-state index is 14.3. The Morgan fingerprint density at radius 2 is 1.89 bits per heavy atom. The molecule has 6 heteroatoms. The average Bonchev–Trinajstić information content (AvgIpc) is 3.36. The number of Topliss-reactive ketones (excluding diaryl/α,β-unsaturated/α-hetero) is 1. The molecule has 208 valence electrons. The van der Waals surface area contributed by atoms with Crippen molar-refractivity contribution in [2.75, 3.05) is 6.61 Å². The van der Waals surface area contributed by atoms with Gasteiger partial charge in [0.15, 0.2) is 17.5 Å². The maximum absolute atomic E-state index is 14.3. The molecule has 4 rings (SSSR count). The minimum atomic E-state index is -2.11. The predicted octanol–water partition coefficient (Wildman–Crippen LogP) is 4.62. The van der Waals surface area contributed by atoms with Crippen LogP contribution in [0.25, 0.3) is 0 Å². The molecule has 0 aromatic heterocycles. The molecule has 0 heterocycles. The van der Waals surface area contributed by atoms with Gasteiger partial charge >= 0.3 is 5.97 Å². The first-order chi connectivity index (χ1) is 18.0. The van der Waals surface area contributed by atoms with Gasteiger partial charge in [0.1, 0.15) is 6.10 Å². The van der Waals surface area contributed by atoms with Gasteiger partial charge in [-0.25, -0.2) is 4.79 Å². The van der Waals surface area contributed by atoms with E-state index < -0.39 is 41.7 Å². The molecule has 0 aromatic carbocycles. The summed E-state index contributed by atoms with van der Waals surface area (Å²) < 4.78 is 5.77. The van der Waals surface area contributed by atoms with E-state index in [0.29, 0.717) is 11.5 Å². The summed E-state index contributed by atoms with van der Waals surface area (Å²) in [7, 11) is 0. The van der Waals surface area contributed by atoms with Crippen LogP contribution in [-0.2, 0) is 14.3 Å². The molecular weight excluding hydrogens is 480 g/mol. The number of hydrogen-bond donors (Lipinski definition) is 3. The van der Waals surface area contributed by atoms with Crippen LogP contribution < -0.4 is 0 Å². The second-order valence-electron chi connectivity index (χ2n) is 12.4. The fraction of sp³-hybridized carbons (Fsp3) is 0.625. The summed E-state index contributed by atoms with van der Waals surface area (Å²) >= 11 is 0. The van der Waals surface area contributed by atoms with Gasteiger partial charge in [0, 0.05) is 12.0 Å². The van der Waals surface area contributed by atoms with Crippen molar-refractivity contribution in [3.63, 3.8) is 0 Å². The third-order valence-corrected chi connectivity index (χ3v) is 9.81. The Morgan fingerprint density at radius 3 is 2.58 bits per heavy atom. The molecule has 0 radical (unpaired) electrons. The summed E-state index contributed by atoms with van der Waals surface area (Å²) in [5.41, 5.74) is -2.83. The first-order valence-electron chi connectivity index (χ1n) is 14.1. The lowest BCUT2D eigenvalue weighted by molar-refractivity contribution is -0.201. The number of carbonyl (C=O) groups is 2. The van der Waals surface area contributed by atoms with Crippen LogP contribution in [0.4, 0.5) is 0 Å². The molecule has 2 fully saturated rings. The number of rotatable bonds is 9. The highest BCUT2D eigenvalue weighted by Gasteiger charge is 2.76. The smallest absolute Gasteiger partial charge is 0.331 e. The fourth-order valence-electron chi connectivity index (χ4n) is 7.70. The molecule has 6 nitrogen and oxygen atoms in total. The number of unbranched alkanes of at least 4 members (excludes halogenated alkanes) is 3. The number of esters is 1. The summed E-state index contributed by atoms with van der Waals surface area (Å²) in [6, 6.07) is 0. The van der Waals surface area contributed by atoms with Crippen molar-refractivity contribution in [2.24, 2.45) is 34.5 Å². The summed E-state index contributed by atoms with van der Waals surface area (Å²) in [5, 5.41) is 34.1. The molecule has 0 amide bonds. The fourth-order valence-corrected chi connectivity index (χ4v) is 7.70. The largest absolute Gasteiger partial charge is 0.451 e. The van der Waals surface area contributed by atoms with Crippen molar-refractivity contribution < 1.29 is 29.6 Å². The van der Waals surface area contributed by atoms with Gasteiger partial charge in [0.05, 0.1) is 12.0 Å². The molecular formula is C32H44O6. The van der Waals surface area contributed by atoms with Crippen LogP contribution in [0.15, 0.2) is 59.8 Å². The Hall–Kier alpha value is -2.28. The van der Waals surface area contributed by atoms with E-state index in [1.807, 2.05) is 19.1 Å². The van der Waals surface area contributed by atoms with Crippen LogP contribution in [0.3, 0.4) is 0 Å². The van der Waals surface area contributed by atoms with Crippen LogP contribution in [0.1, 0.15) is 66.7 Å². The Kier molecular flexibility index (Phi) is 8.09. The number of ketones is 1. The van der Waals surface area contributed by atoms with Gasteiger partial charge in [-0.1, -0.05) is 83.1 Å². The molecule has 2 bridgehead atoms. The zero-order chi connectivity index (χ0) is 27.9. The van der Waals surface area contributed by atoms with Crippen LogP contribution in [0.2, 0.25) is 0 Å². The quantitative estimate of drug-likeness (QED) is 0.134. The topological polar surface area (TPSA) is 104 Å². The van der Waals surface area contributed by atoms with Gasteiger partial charge in [-0.15, -0.1) is 0 Å². The number of fused-ring (bicyclic) bond motifs is 3. The number of ether oxygens (including phenoxy) is 1. The van der Waals surface area contributed by atoms with Gasteiger partial charge in [0.25, 0.3) is 0 Å². The number of aliphatic hydroxyl groups excluding tert-OH is 2. The van der Waals surface area contributed by atoms with E-state index in [1.165, 1.54) is 18.9 Å². The van der Waals surface area contributed by atoms with Gasteiger partial charge in [-0.2, -0.15) is 0 Å². The second-order valence-corrected chi connectivity index (χ2v) is 12.4. The summed E-state index contributed by atoms with van der Waals surface area (Å²) in [6.45, 7) is 9.66. The van der Waals surface area contributed by atoms with E-state index in [1.54, 1.807) is 31.2 Å². The van der Waals surface area contributed by atoms with E-state index in [-0.39, 0.29) is 28.6 Å². The number of allylic oxidation sites excluding steroid dienone is 6. The highest BCUT2D eigenvalue weighted by Crippen LogP contribution is 2.71. The van der Waals surface area contributed by atoms with Crippen LogP contribution in [-0.4, -0.2) is 51.5 Å². The Labute approximate surface area is 226 Å². The van der Waals surface area contributed by atoms with Gasteiger partial charge in [0.2, 0.25) is 0 Å². The van der Waals surface area contributed by atoms with Gasteiger partial charge in [-0.05, 0) is 60.5 Å². The third kappa shape index (κ3) is 4.39. The molecule has 0 aliphatic heterocycles. The highest BCUT2D eigenvalue weighted by molar-refractivity contribution is 5.95. The molecule has 4 aliphatic rings. The van der Waals surface area contributed by atoms with E-state index in [0.717, 1.165) is 19.3 Å². The lowest BCUT2D eigenvalue weighted by Gasteiger charge is -2.48. The van der Waals surface area contributed by atoms with E-state index in [2.05, 4.69) is 26.8 Å². The van der Waals surface area contributed by atoms with Crippen molar-refractivity contribution in [3.05, 3.63) is 59.8 Å². The molecule has 2 saturated carbocycles. The maximum Gasteiger partial charge on any atom is 0.331 e. The normalized spacial score (nSPS) is 39.5. The van der Waals surface area contributed by atoms with Crippen molar-refractivity contribution in [3.8, 4) is 0 Å². The number of hydrogen-bond acceptors (Lipinski definition) is 6. The summed E-state index contributed by atoms with van der Waals surface area (Å²) in [5.74, 6) is -1.27. The molecule has 0 aromatic rings. The third-order valence-electron chi connectivity index (χ3n) is 9.81. The van der Waals surface area contributed by atoms with E-state index in [4.69, 9.17) is 4.74 Å². The minimum Gasteiger partial charge on any atom is -0.451 e. The Bertz CT molecular complexity index is 1090. The molecule has 0 unspecified atom stereocenters. The predicted molar refractivity (Wildman–Crippen MR) is 147 cm³/mol. The SMILES string of the molecule is CCCCCC=CC=CC=CC(=O)O[C@H]1C(C)=C[C@]23C(=O)[C@@H](C=C(CO)[C@@H](O)[C@]12O)[C@H]1[C@@H](C[C@H]3C)C1(C)C. The average molecular weight is 525 g/mol. The minimum absolute atomic E-state index is 0.0348. The lowest BCUT2D eigenvalue weighted by atomic mass is 9.59. The molecule has 8 atom stereocenters. The van der Waals surface area contributed by atoms with Crippen molar-refractivity contribution in [1.82, 2.24) is 0 Å². The Balaban J connectivity index is 1.59.